The van der Waals surface area contributed by atoms with E-state index in [2.05, 4.69) is 10.2 Å². The summed E-state index contributed by atoms with van der Waals surface area (Å²) < 4.78 is 0. The van der Waals surface area contributed by atoms with Gasteiger partial charge in [0.15, 0.2) is 0 Å². The first-order valence-corrected chi connectivity index (χ1v) is 5.19. The monoisotopic (exact) mass is 208 g/mol. The Labute approximate surface area is 89.1 Å². The lowest BCUT2D eigenvalue weighted by Crippen LogP contribution is -2.42. The van der Waals surface area contributed by atoms with Crippen molar-refractivity contribution in [2.45, 2.75) is 6.54 Å². The lowest BCUT2D eigenvalue weighted by molar-refractivity contribution is 0.232. The van der Waals surface area contributed by atoms with Gasteiger partial charge in [-0.1, -0.05) is 0 Å². The van der Waals surface area contributed by atoms with Gasteiger partial charge in [-0.15, -0.1) is 0 Å². The van der Waals surface area contributed by atoms with Crippen molar-refractivity contribution in [1.82, 2.24) is 10.2 Å². The van der Waals surface area contributed by atoms with Gasteiger partial charge in [0.05, 0.1) is 0 Å². The fraction of sp³-hybridized carbons (Fsp3) is 0.455. The molecule has 0 aliphatic carbocycles. The molecule has 15 heavy (non-hydrogen) atoms. The topological polar surface area (TPSA) is 55.7 Å². The minimum Gasteiger partial charge on any atom is -0.508 e. The van der Waals surface area contributed by atoms with Gasteiger partial charge in [-0.2, -0.15) is 0 Å². The van der Waals surface area contributed by atoms with Gasteiger partial charge < -0.3 is 15.5 Å². The van der Waals surface area contributed by atoms with Gasteiger partial charge in [-0.3, -0.25) is 4.90 Å². The Bertz CT molecular complexity index is 315. The molecule has 0 saturated carbocycles. The average molecular weight is 208 g/mol. The lowest BCUT2D eigenvalue weighted by Gasteiger charge is -2.27. The van der Waals surface area contributed by atoms with Crippen molar-refractivity contribution < 1.29 is 10.2 Å². The summed E-state index contributed by atoms with van der Waals surface area (Å²) in [6, 6.07) is 4.74. The highest BCUT2D eigenvalue weighted by molar-refractivity contribution is 5.36. The van der Waals surface area contributed by atoms with Crippen LogP contribution in [0, 0.1) is 0 Å². The molecule has 0 unspecified atom stereocenters. The Morgan fingerprint density at radius 2 is 1.67 bits per heavy atom. The van der Waals surface area contributed by atoms with Gasteiger partial charge in [-0.25, -0.2) is 0 Å². The standard InChI is InChI=1S/C11H16N2O2/c14-10-5-9(6-11(15)7-10)8-13-3-1-12-2-4-13/h5-7,12,14-15H,1-4,8H2. The molecule has 1 aromatic rings. The van der Waals surface area contributed by atoms with Crippen LogP contribution in [0.2, 0.25) is 0 Å². The van der Waals surface area contributed by atoms with Gasteiger partial charge >= 0.3 is 0 Å². The Hall–Kier alpha value is -1.26. The molecule has 1 aliphatic heterocycles. The first kappa shape index (κ1) is 10.3. The Morgan fingerprint density at radius 1 is 1.07 bits per heavy atom. The first-order valence-electron chi connectivity index (χ1n) is 5.19. The van der Waals surface area contributed by atoms with Crippen molar-refractivity contribution in [3.05, 3.63) is 23.8 Å². The second-order valence-electron chi connectivity index (χ2n) is 3.88. The van der Waals surface area contributed by atoms with E-state index in [0.29, 0.717) is 0 Å². The van der Waals surface area contributed by atoms with E-state index in [1.807, 2.05) is 0 Å². The van der Waals surface area contributed by atoms with E-state index in [1.54, 1.807) is 12.1 Å². The van der Waals surface area contributed by atoms with E-state index in [1.165, 1.54) is 6.07 Å². The average Bonchev–Trinajstić information content (AvgIpc) is 2.17. The van der Waals surface area contributed by atoms with Crippen LogP contribution in [0.1, 0.15) is 5.56 Å². The molecule has 3 N–H and O–H groups in total. The smallest absolute Gasteiger partial charge is 0.119 e. The van der Waals surface area contributed by atoms with Crippen molar-refractivity contribution in [2.24, 2.45) is 0 Å². The van der Waals surface area contributed by atoms with Crippen LogP contribution in [0.15, 0.2) is 18.2 Å². The van der Waals surface area contributed by atoms with Crippen LogP contribution in [0.25, 0.3) is 0 Å². The number of nitrogens with one attached hydrogen (secondary N) is 1. The summed E-state index contributed by atoms with van der Waals surface area (Å²) in [5, 5.41) is 21.9. The van der Waals surface area contributed by atoms with E-state index in [4.69, 9.17) is 0 Å². The van der Waals surface area contributed by atoms with Crippen LogP contribution >= 0.6 is 0 Å². The predicted molar refractivity (Wildman–Crippen MR) is 57.9 cm³/mol. The first-order chi connectivity index (χ1) is 7.24. The molecule has 0 atom stereocenters. The second-order valence-corrected chi connectivity index (χ2v) is 3.88. The lowest BCUT2D eigenvalue weighted by atomic mass is 10.2. The van der Waals surface area contributed by atoms with Crippen molar-refractivity contribution in [2.75, 3.05) is 26.2 Å². The molecule has 1 aliphatic rings. The predicted octanol–water partition coefficient (Wildman–Crippen LogP) is 0.503. The fourth-order valence-electron chi connectivity index (χ4n) is 1.88. The van der Waals surface area contributed by atoms with E-state index in [0.717, 1.165) is 38.3 Å². The van der Waals surface area contributed by atoms with Crippen LogP contribution < -0.4 is 5.32 Å². The van der Waals surface area contributed by atoms with Crippen molar-refractivity contribution >= 4 is 0 Å². The molecular formula is C11H16N2O2. The highest BCUT2D eigenvalue weighted by Crippen LogP contribution is 2.21. The highest BCUT2D eigenvalue weighted by atomic mass is 16.3. The van der Waals surface area contributed by atoms with E-state index in [9.17, 15) is 10.2 Å². The van der Waals surface area contributed by atoms with E-state index >= 15 is 0 Å². The quantitative estimate of drug-likeness (QED) is 0.662. The number of benzene rings is 1. The minimum atomic E-state index is 0.125. The summed E-state index contributed by atoms with van der Waals surface area (Å²) in [5.41, 5.74) is 0.953. The Morgan fingerprint density at radius 3 is 2.27 bits per heavy atom. The molecule has 2 rings (SSSR count). The van der Waals surface area contributed by atoms with Crippen molar-refractivity contribution in [1.29, 1.82) is 0 Å². The number of phenolic OH excluding ortho intramolecular Hbond substituents is 2. The molecule has 4 heteroatoms. The highest BCUT2D eigenvalue weighted by Gasteiger charge is 2.10. The summed E-state index contributed by atoms with van der Waals surface area (Å²) >= 11 is 0. The van der Waals surface area contributed by atoms with Gasteiger partial charge in [0.2, 0.25) is 0 Å². The van der Waals surface area contributed by atoms with E-state index in [-0.39, 0.29) is 11.5 Å². The summed E-state index contributed by atoms with van der Waals surface area (Å²) in [7, 11) is 0. The molecule has 82 valence electrons. The SMILES string of the molecule is Oc1cc(O)cc(CN2CCNCC2)c1. The molecule has 1 saturated heterocycles. The Balaban J connectivity index is 2.02. The maximum absolute atomic E-state index is 9.33. The summed E-state index contributed by atoms with van der Waals surface area (Å²) in [5.74, 6) is 0.250. The molecular weight excluding hydrogens is 192 g/mol. The molecule has 0 spiro atoms. The molecule has 0 amide bonds. The van der Waals surface area contributed by atoms with Crippen LogP contribution in [-0.2, 0) is 6.54 Å². The number of hydrogen-bond acceptors (Lipinski definition) is 4. The molecule has 1 aromatic carbocycles. The molecule has 0 aromatic heterocycles. The third-order valence-electron chi connectivity index (χ3n) is 2.58. The summed E-state index contributed by atoms with van der Waals surface area (Å²) in [6.07, 6.45) is 0. The minimum absolute atomic E-state index is 0.125. The molecule has 0 bridgehead atoms. The van der Waals surface area contributed by atoms with Crippen molar-refractivity contribution in [3.8, 4) is 11.5 Å². The Kier molecular flexibility index (Phi) is 3.08. The third kappa shape index (κ3) is 2.84. The van der Waals surface area contributed by atoms with Crippen LogP contribution in [-0.4, -0.2) is 41.3 Å². The van der Waals surface area contributed by atoms with Gasteiger partial charge in [0.25, 0.3) is 0 Å². The summed E-state index contributed by atoms with van der Waals surface area (Å²) in [4.78, 5) is 2.30. The number of rotatable bonds is 2. The maximum Gasteiger partial charge on any atom is 0.119 e. The molecule has 4 nitrogen and oxygen atoms in total. The second kappa shape index (κ2) is 4.51. The molecule has 0 radical (unpaired) electrons. The normalized spacial score (nSPS) is 17.9. The largest absolute Gasteiger partial charge is 0.508 e. The fourth-order valence-corrected chi connectivity index (χ4v) is 1.88. The zero-order valence-electron chi connectivity index (χ0n) is 8.61. The van der Waals surface area contributed by atoms with Crippen LogP contribution in [0.4, 0.5) is 0 Å². The van der Waals surface area contributed by atoms with Crippen molar-refractivity contribution in [3.63, 3.8) is 0 Å². The van der Waals surface area contributed by atoms with Crippen LogP contribution in [0.3, 0.4) is 0 Å². The van der Waals surface area contributed by atoms with Gasteiger partial charge in [0.1, 0.15) is 11.5 Å². The number of nitrogens with zero attached hydrogens (tertiary/aromatic N) is 1. The number of piperazine rings is 1. The third-order valence-corrected chi connectivity index (χ3v) is 2.58. The number of hydrogen-bond donors (Lipinski definition) is 3. The molecule has 1 fully saturated rings. The zero-order chi connectivity index (χ0) is 10.7. The van der Waals surface area contributed by atoms with Crippen LogP contribution in [0.5, 0.6) is 11.5 Å². The van der Waals surface area contributed by atoms with Gasteiger partial charge in [0, 0.05) is 38.8 Å². The summed E-state index contributed by atoms with van der Waals surface area (Å²) in [6.45, 7) is 4.81. The molecule has 1 heterocycles. The maximum atomic E-state index is 9.33. The zero-order valence-corrected chi connectivity index (χ0v) is 8.61. The van der Waals surface area contributed by atoms with Gasteiger partial charge in [-0.05, 0) is 17.7 Å². The van der Waals surface area contributed by atoms with E-state index < -0.39 is 0 Å². The number of phenols is 2. The number of aromatic hydroxyl groups is 2.